The fourth-order valence-electron chi connectivity index (χ4n) is 2.51. The van der Waals surface area contributed by atoms with E-state index in [4.69, 9.17) is 14.2 Å². The monoisotopic (exact) mass is 386 g/mol. The molecule has 0 fully saturated rings. The van der Waals surface area contributed by atoms with Gasteiger partial charge in [0.2, 0.25) is 0 Å². The summed E-state index contributed by atoms with van der Waals surface area (Å²) in [6.07, 6.45) is 0. The van der Waals surface area contributed by atoms with Crippen molar-refractivity contribution in [1.29, 1.82) is 0 Å². The van der Waals surface area contributed by atoms with Crippen molar-refractivity contribution in [2.24, 2.45) is 0 Å². The molecule has 2 aromatic carbocycles. The molecule has 7 nitrogen and oxygen atoms in total. The van der Waals surface area contributed by atoms with Crippen LogP contribution >= 0.6 is 0 Å². The van der Waals surface area contributed by atoms with Gasteiger partial charge in [0.25, 0.3) is 5.91 Å². The molecule has 0 bridgehead atoms. The average Bonchev–Trinajstić information content (AvgIpc) is 2.71. The molecule has 2 rings (SSSR count). The molecule has 1 amide bonds. The lowest BCUT2D eigenvalue weighted by Gasteiger charge is -2.18. The number of amides is 1. The molecule has 0 aliphatic carbocycles. The summed E-state index contributed by atoms with van der Waals surface area (Å²) in [5, 5.41) is 0. The van der Waals surface area contributed by atoms with Crippen molar-refractivity contribution in [1.82, 2.24) is 4.90 Å². The van der Waals surface area contributed by atoms with Crippen LogP contribution in [0.2, 0.25) is 0 Å². The van der Waals surface area contributed by atoms with E-state index in [9.17, 15) is 9.59 Å². The van der Waals surface area contributed by atoms with E-state index in [-0.39, 0.29) is 18.1 Å². The Labute approximate surface area is 165 Å². The molecule has 7 heteroatoms. The van der Waals surface area contributed by atoms with Crippen LogP contribution in [0.4, 0.5) is 5.69 Å². The standard InChI is InChI=1S/C21H26N2O5/c1-22(2)17-8-6-15(7-9-17)13-23(3)20(24)14-28-21(25)16-10-18(26-4)12-19(11-16)27-5/h6-12H,13-14H2,1-5H3. The third kappa shape index (κ3) is 5.64. The molecule has 150 valence electrons. The quantitative estimate of drug-likeness (QED) is 0.650. The Morgan fingerprint density at radius 1 is 0.893 bits per heavy atom. The van der Waals surface area contributed by atoms with Crippen molar-refractivity contribution in [3.63, 3.8) is 0 Å². The second-order valence-corrected chi connectivity index (χ2v) is 6.49. The van der Waals surface area contributed by atoms with Crippen molar-refractivity contribution < 1.29 is 23.8 Å². The minimum atomic E-state index is -0.616. The molecule has 0 atom stereocenters. The zero-order valence-corrected chi connectivity index (χ0v) is 16.9. The van der Waals surface area contributed by atoms with Crippen molar-refractivity contribution in [3.05, 3.63) is 53.6 Å². The normalized spacial score (nSPS) is 10.2. The van der Waals surface area contributed by atoms with Crippen LogP contribution in [0.25, 0.3) is 0 Å². The molecular formula is C21H26N2O5. The Balaban J connectivity index is 1.92. The van der Waals surface area contributed by atoms with Crippen LogP contribution in [0.15, 0.2) is 42.5 Å². The van der Waals surface area contributed by atoms with Crippen molar-refractivity contribution in [3.8, 4) is 11.5 Å². The van der Waals surface area contributed by atoms with Crippen LogP contribution in [0.5, 0.6) is 11.5 Å². The third-order valence-corrected chi connectivity index (χ3v) is 4.21. The molecule has 0 saturated carbocycles. The van der Waals surface area contributed by atoms with E-state index in [1.54, 1.807) is 13.1 Å². The van der Waals surface area contributed by atoms with Crippen LogP contribution in [0.1, 0.15) is 15.9 Å². The van der Waals surface area contributed by atoms with E-state index < -0.39 is 5.97 Å². The number of methoxy groups -OCH3 is 2. The number of hydrogen-bond donors (Lipinski definition) is 0. The Kier molecular flexibility index (Phi) is 7.26. The van der Waals surface area contributed by atoms with Crippen LogP contribution in [0, 0.1) is 0 Å². The molecule has 28 heavy (non-hydrogen) atoms. The number of anilines is 1. The highest BCUT2D eigenvalue weighted by atomic mass is 16.5. The maximum Gasteiger partial charge on any atom is 0.338 e. The second kappa shape index (κ2) is 9.64. The van der Waals surface area contributed by atoms with Crippen LogP contribution < -0.4 is 14.4 Å². The average molecular weight is 386 g/mol. The van der Waals surface area contributed by atoms with Gasteiger partial charge in [-0.05, 0) is 29.8 Å². The predicted octanol–water partition coefficient (Wildman–Crippen LogP) is 2.59. The summed E-state index contributed by atoms with van der Waals surface area (Å²) in [7, 11) is 8.60. The lowest BCUT2D eigenvalue weighted by atomic mass is 10.2. The van der Waals surface area contributed by atoms with Crippen molar-refractivity contribution >= 4 is 17.6 Å². The number of carbonyl (C=O) groups is 2. The minimum absolute atomic E-state index is 0.255. The van der Waals surface area contributed by atoms with Crippen LogP contribution in [0.3, 0.4) is 0 Å². The summed E-state index contributed by atoms with van der Waals surface area (Å²) < 4.78 is 15.4. The van der Waals surface area contributed by atoms with E-state index in [1.807, 2.05) is 43.3 Å². The van der Waals surface area contributed by atoms with Crippen LogP contribution in [-0.2, 0) is 16.1 Å². The maximum atomic E-state index is 12.3. The maximum absolute atomic E-state index is 12.3. The fraction of sp³-hybridized carbons (Fsp3) is 0.333. The smallest absolute Gasteiger partial charge is 0.338 e. The van der Waals surface area contributed by atoms with Gasteiger partial charge in [0.1, 0.15) is 11.5 Å². The van der Waals surface area contributed by atoms with E-state index in [2.05, 4.69) is 0 Å². The summed E-state index contributed by atoms with van der Waals surface area (Å²) in [6, 6.07) is 12.6. The van der Waals surface area contributed by atoms with Gasteiger partial charge in [-0.1, -0.05) is 12.1 Å². The van der Waals surface area contributed by atoms with Gasteiger partial charge in [0, 0.05) is 39.4 Å². The van der Waals surface area contributed by atoms with Gasteiger partial charge < -0.3 is 24.0 Å². The molecule has 0 aliphatic heterocycles. The molecule has 0 unspecified atom stereocenters. The zero-order chi connectivity index (χ0) is 20.7. The summed E-state index contributed by atoms with van der Waals surface area (Å²) in [6.45, 7) is 0.0850. The van der Waals surface area contributed by atoms with E-state index >= 15 is 0 Å². The Bertz CT molecular complexity index is 796. The molecule has 0 aromatic heterocycles. The summed E-state index contributed by atoms with van der Waals surface area (Å²) in [4.78, 5) is 28.1. The lowest BCUT2D eigenvalue weighted by Crippen LogP contribution is -2.30. The van der Waals surface area contributed by atoms with Crippen molar-refractivity contribution in [2.75, 3.05) is 46.9 Å². The second-order valence-electron chi connectivity index (χ2n) is 6.49. The summed E-state index contributed by atoms with van der Waals surface area (Å²) in [5.41, 5.74) is 2.33. The number of esters is 1. The number of rotatable bonds is 8. The molecule has 0 aliphatic rings. The number of carbonyl (C=O) groups excluding carboxylic acids is 2. The van der Waals surface area contributed by atoms with Gasteiger partial charge in [-0.3, -0.25) is 4.79 Å². The molecule has 0 N–H and O–H groups in total. The highest BCUT2D eigenvalue weighted by Gasteiger charge is 2.16. The largest absolute Gasteiger partial charge is 0.497 e. The third-order valence-electron chi connectivity index (χ3n) is 4.21. The van der Waals surface area contributed by atoms with E-state index in [1.165, 1.54) is 31.3 Å². The Hall–Kier alpha value is -3.22. The number of ether oxygens (including phenoxy) is 3. The Morgan fingerprint density at radius 2 is 1.46 bits per heavy atom. The molecular weight excluding hydrogens is 360 g/mol. The van der Waals surface area contributed by atoms with Gasteiger partial charge >= 0.3 is 5.97 Å². The van der Waals surface area contributed by atoms with Crippen LogP contribution in [-0.4, -0.2) is 58.7 Å². The van der Waals surface area contributed by atoms with E-state index in [0.29, 0.717) is 18.0 Å². The summed E-state index contributed by atoms with van der Waals surface area (Å²) >= 11 is 0. The molecule has 2 aromatic rings. The highest BCUT2D eigenvalue weighted by molar-refractivity contribution is 5.92. The van der Waals surface area contributed by atoms with Gasteiger partial charge in [-0.25, -0.2) is 4.79 Å². The topological polar surface area (TPSA) is 68.3 Å². The van der Waals surface area contributed by atoms with Gasteiger partial charge in [-0.2, -0.15) is 0 Å². The van der Waals surface area contributed by atoms with Gasteiger partial charge in [0.05, 0.1) is 19.8 Å². The first kappa shape index (κ1) is 21.1. The molecule has 0 radical (unpaired) electrons. The number of likely N-dealkylation sites (N-methyl/N-ethyl adjacent to an activating group) is 1. The number of benzene rings is 2. The lowest BCUT2D eigenvalue weighted by molar-refractivity contribution is -0.133. The SMILES string of the molecule is COc1cc(OC)cc(C(=O)OCC(=O)N(C)Cc2ccc(N(C)C)cc2)c1. The first-order valence-electron chi connectivity index (χ1n) is 8.74. The summed E-state index contributed by atoms with van der Waals surface area (Å²) in [5.74, 6) is 0.0287. The van der Waals surface area contributed by atoms with Crippen molar-refractivity contribution in [2.45, 2.75) is 6.54 Å². The first-order chi connectivity index (χ1) is 13.3. The number of hydrogen-bond acceptors (Lipinski definition) is 6. The minimum Gasteiger partial charge on any atom is -0.497 e. The molecule has 0 spiro atoms. The first-order valence-corrected chi connectivity index (χ1v) is 8.74. The fourth-order valence-corrected chi connectivity index (χ4v) is 2.51. The number of nitrogens with zero attached hydrogens (tertiary/aromatic N) is 2. The Morgan fingerprint density at radius 3 is 1.96 bits per heavy atom. The van der Waals surface area contributed by atoms with Gasteiger partial charge in [0.15, 0.2) is 6.61 Å². The molecule has 0 saturated heterocycles. The van der Waals surface area contributed by atoms with Gasteiger partial charge in [-0.15, -0.1) is 0 Å². The predicted molar refractivity (Wildman–Crippen MR) is 107 cm³/mol. The zero-order valence-electron chi connectivity index (χ0n) is 16.9. The highest BCUT2D eigenvalue weighted by Crippen LogP contribution is 2.23. The molecule has 0 heterocycles. The van der Waals surface area contributed by atoms with E-state index in [0.717, 1.165) is 11.3 Å².